The minimum absolute atomic E-state index is 2.12. The summed E-state index contributed by atoms with van der Waals surface area (Å²) in [5, 5.41) is 16.1. The highest BCUT2D eigenvalue weighted by molar-refractivity contribution is 5.71. The molecular weight excluding hydrogens is 203 g/mol. The SMILES string of the molecule is O=C(O)C(O)CC(F)(F)C(F)(F)F. The Morgan fingerprint density at radius 1 is 1.23 bits per heavy atom. The molecule has 0 bridgehead atoms. The minimum atomic E-state index is -5.84. The first kappa shape index (κ1) is 12.1. The Labute approximate surface area is 68.8 Å². The van der Waals surface area contributed by atoms with Crippen molar-refractivity contribution in [3.8, 4) is 0 Å². The number of aliphatic hydroxyl groups excluding tert-OH is 1. The van der Waals surface area contributed by atoms with Crippen molar-refractivity contribution in [1.82, 2.24) is 0 Å². The third-order valence-electron chi connectivity index (χ3n) is 1.15. The van der Waals surface area contributed by atoms with Gasteiger partial charge in [0.25, 0.3) is 0 Å². The summed E-state index contributed by atoms with van der Waals surface area (Å²) >= 11 is 0. The number of aliphatic hydroxyl groups is 1. The number of hydrogen-bond acceptors (Lipinski definition) is 2. The molecule has 0 saturated carbocycles. The van der Waals surface area contributed by atoms with Gasteiger partial charge in [-0.1, -0.05) is 0 Å². The average molecular weight is 208 g/mol. The van der Waals surface area contributed by atoms with E-state index in [-0.39, 0.29) is 0 Å². The van der Waals surface area contributed by atoms with Gasteiger partial charge < -0.3 is 10.2 Å². The normalized spacial score (nSPS) is 15.5. The number of halogens is 5. The first-order chi connectivity index (χ1) is 5.58. The second-order valence-electron chi connectivity index (χ2n) is 2.26. The predicted molar refractivity (Wildman–Crippen MR) is 29.3 cm³/mol. The number of aliphatic carboxylic acids is 1. The van der Waals surface area contributed by atoms with Gasteiger partial charge in [0.05, 0.1) is 6.42 Å². The van der Waals surface area contributed by atoms with Crippen LogP contribution >= 0.6 is 0 Å². The summed E-state index contributed by atoms with van der Waals surface area (Å²) in [7, 11) is 0. The van der Waals surface area contributed by atoms with Crippen LogP contribution in [-0.2, 0) is 4.79 Å². The zero-order chi connectivity index (χ0) is 10.9. The average Bonchev–Trinajstić information content (AvgIpc) is 1.83. The Morgan fingerprint density at radius 3 is 1.85 bits per heavy atom. The van der Waals surface area contributed by atoms with Gasteiger partial charge in [0.15, 0.2) is 6.10 Å². The van der Waals surface area contributed by atoms with Crippen LogP contribution in [0.2, 0.25) is 0 Å². The molecule has 1 unspecified atom stereocenters. The molecule has 0 spiro atoms. The molecule has 13 heavy (non-hydrogen) atoms. The smallest absolute Gasteiger partial charge is 0.453 e. The molecule has 3 nitrogen and oxygen atoms in total. The van der Waals surface area contributed by atoms with Crippen molar-refractivity contribution in [1.29, 1.82) is 0 Å². The van der Waals surface area contributed by atoms with Gasteiger partial charge in [0, 0.05) is 0 Å². The van der Waals surface area contributed by atoms with Crippen molar-refractivity contribution in [3.63, 3.8) is 0 Å². The van der Waals surface area contributed by atoms with E-state index >= 15 is 0 Å². The van der Waals surface area contributed by atoms with Crippen molar-refractivity contribution in [2.45, 2.75) is 24.6 Å². The van der Waals surface area contributed by atoms with Crippen LogP contribution in [0.5, 0.6) is 0 Å². The molecule has 0 aliphatic carbocycles. The molecule has 0 radical (unpaired) electrons. The van der Waals surface area contributed by atoms with Crippen LogP contribution in [0.3, 0.4) is 0 Å². The number of carboxylic acid groups (broad SMARTS) is 1. The maximum absolute atomic E-state index is 12.0. The van der Waals surface area contributed by atoms with Crippen LogP contribution in [0.1, 0.15) is 6.42 Å². The van der Waals surface area contributed by atoms with E-state index < -0.39 is 30.6 Å². The Kier molecular flexibility index (Phi) is 3.20. The van der Waals surface area contributed by atoms with Crippen molar-refractivity contribution in [3.05, 3.63) is 0 Å². The van der Waals surface area contributed by atoms with Gasteiger partial charge in [-0.15, -0.1) is 0 Å². The van der Waals surface area contributed by atoms with Gasteiger partial charge in [-0.05, 0) is 0 Å². The van der Waals surface area contributed by atoms with Crippen molar-refractivity contribution in [2.24, 2.45) is 0 Å². The number of alkyl halides is 5. The van der Waals surface area contributed by atoms with E-state index in [2.05, 4.69) is 0 Å². The monoisotopic (exact) mass is 208 g/mol. The van der Waals surface area contributed by atoms with E-state index in [1.807, 2.05) is 0 Å². The summed E-state index contributed by atoms with van der Waals surface area (Å²) in [5.41, 5.74) is 0. The lowest BCUT2D eigenvalue weighted by Crippen LogP contribution is -2.41. The van der Waals surface area contributed by atoms with E-state index in [9.17, 15) is 26.7 Å². The lowest BCUT2D eigenvalue weighted by molar-refractivity contribution is -0.289. The maximum atomic E-state index is 12.0. The molecule has 0 amide bonds. The predicted octanol–water partition coefficient (Wildman–Crippen LogP) is 1.02. The lowest BCUT2D eigenvalue weighted by Gasteiger charge is -2.20. The molecule has 1 atom stereocenters. The number of carbonyl (C=O) groups is 1. The van der Waals surface area contributed by atoms with Crippen molar-refractivity contribution < 1.29 is 37.0 Å². The van der Waals surface area contributed by atoms with Gasteiger partial charge in [0.1, 0.15) is 0 Å². The van der Waals surface area contributed by atoms with Gasteiger partial charge in [-0.25, -0.2) is 4.79 Å². The fraction of sp³-hybridized carbons (Fsp3) is 0.800. The van der Waals surface area contributed by atoms with Crippen LogP contribution in [0.25, 0.3) is 0 Å². The summed E-state index contributed by atoms with van der Waals surface area (Å²) in [6.45, 7) is 0. The van der Waals surface area contributed by atoms with Crippen molar-refractivity contribution >= 4 is 5.97 Å². The second-order valence-corrected chi connectivity index (χ2v) is 2.26. The van der Waals surface area contributed by atoms with E-state index in [0.717, 1.165) is 0 Å². The van der Waals surface area contributed by atoms with E-state index in [4.69, 9.17) is 10.2 Å². The maximum Gasteiger partial charge on any atom is 0.453 e. The van der Waals surface area contributed by atoms with Gasteiger partial charge in [-0.2, -0.15) is 22.0 Å². The summed E-state index contributed by atoms with van der Waals surface area (Å²) in [6.07, 6.45) is -10.7. The van der Waals surface area contributed by atoms with Crippen LogP contribution in [0, 0.1) is 0 Å². The molecule has 0 aliphatic heterocycles. The molecule has 78 valence electrons. The van der Waals surface area contributed by atoms with Gasteiger partial charge >= 0.3 is 18.1 Å². The first-order valence-corrected chi connectivity index (χ1v) is 2.93. The number of carboxylic acids is 1. The van der Waals surface area contributed by atoms with Crippen LogP contribution in [0.4, 0.5) is 22.0 Å². The zero-order valence-corrected chi connectivity index (χ0v) is 5.98. The quantitative estimate of drug-likeness (QED) is 0.680. The highest BCUT2D eigenvalue weighted by atomic mass is 19.4. The zero-order valence-electron chi connectivity index (χ0n) is 5.98. The summed E-state index contributed by atoms with van der Waals surface area (Å²) < 4.78 is 58.2. The second kappa shape index (κ2) is 3.44. The molecule has 0 aromatic heterocycles. The molecule has 0 aromatic carbocycles. The van der Waals surface area contributed by atoms with E-state index in [1.54, 1.807) is 0 Å². The number of rotatable bonds is 3. The highest BCUT2D eigenvalue weighted by Gasteiger charge is 2.58. The first-order valence-electron chi connectivity index (χ1n) is 2.93. The standard InChI is InChI=1S/C5H5F5O3/c6-4(7,5(8,9)10)1-2(11)3(12)13/h2,11H,1H2,(H,12,13). The Hall–Kier alpha value is -0.920. The Morgan fingerprint density at radius 2 is 1.62 bits per heavy atom. The topological polar surface area (TPSA) is 57.5 Å². The molecule has 2 N–H and O–H groups in total. The van der Waals surface area contributed by atoms with Crippen LogP contribution in [-0.4, -0.2) is 34.4 Å². The summed E-state index contributed by atoms with van der Waals surface area (Å²) in [6, 6.07) is 0. The summed E-state index contributed by atoms with van der Waals surface area (Å²) in [4.78, 5) is 9.75. The molecule has 8 heteroatoms. The Balaban J connectivity index is 4.43. The Bertz CT molecular complexity index is 199. The molecule has 0 aromatic rings. The van der Waals surface area contributed by atoms with Gasteiger partial charge in [-0.3, -0.25) is 0 Å². The third kappa shape index (κ3) is 3.13. The lowest BCUT2D eigenvalue weighted by atomic mass is 10.1. The third-order valence-corrected chi connectivity index (χ3v) is 1.15. The molecule has 0 saturated heterocycles. The highest BCUT2D eigenvalue weighted by Crippen LogP contribution is 2.38. The largest absolute Gasteiger partial charge is 0.479 e. The van der Waals surface area contributed by atoms with Crippen molar-refractivity contribution in [2.75, 3.05) is 0 Å². The molecule has 0 aliphatic rings. The number of hydrogen-bond donors (Lipinski definition) is 2. The van der Waals surface area contributed by atoms with Gasteiger partial charge in [0.2, 0.25) is 0 Å². The fourth-order valence-electron chi connectivity index (χ4n) is 0.446. The molecule has 0 fully saturated rings. The van der Waals surface area contributed by atoms with E-state index in [0.29, 0.717) is 0 Å². The minimum Gasteiger partial charge on any atom is -0.479 e. The van der Waals surface area contributed by atoms with Crippen LogP contribution < -0.4 is 0 Å². The molecule has 0 heterocycles. The van der Waals surface area contributed by atoms with Crippen LogP contribution in [0.15, 0.2) is 0 Å². The molecule has 0 rings (SSSR count). The molecular formula is C5H5F5O3. The van der Waals surface area contributed by atoms with E-state index in [1.165, 1.54) is 0 Å². The fourth-order valence-corrected chi connectivity index (χ4v) is 0.446. The summed E-state index contributed by atoms with van der Waals surface area (Å²) in [5.74, 6) is -7.31.